The maximum atomic E-state index is 12.4. The summed E-state index contributed by atoms with van der Waals surface area (Å²) >= 11 is 1.35. The van der Waals surface area contributed by atoms with E-state index in [1.54, 1.807) is 5.38 Å². The number of halogens is 3. The lowest BCUT2D eigenvalue weighted by atomic mass is 10.4. The van der Waals surface area contributed by atoms with Gasteiger partial charge in [0, 0.05) is 18.5 Å². The Labute approximate surface area is 115 Å². The molecular formula is C10H10F3N5OS. The van der Waals surface area contributed by atoms with Crippen molar-refractivity contribution in [1.82, 2.24) is 20.2 Å². The highest BCUT2D eigenvalue weighted by atomic mass is 32.1. The zero-order valence-corrected chi connectivity index (χ0v) is 11.0. The summed E-state index contributed by atoms with van der Waals surface area (Å²) in [6, 6.07) is 0. The highest BCUT2D eigenvalue weighted by Crippen LogP contribution is 2.29. The first-order valence-corrected chi connectivity index (χ1v) is 6.70. The molecule has 108 valence electrons. The molecular weight excluding hydrogens is 295 g/mol. The Hall–Kier alpha value is -1.68. The lowest BCUT2D eigenvalue weighted by molar-refractivity contribution is -0.144. The lowest BCUT2D eigenvalue weighted by Crippen LogP contribution is -2.36. The van der Waals surface area contributed by atoms with Gasteiger partial charge in [0.05, 0.1) is 13.2 Å². The molecule has 0 radical (unpaired) electrons. The van der Waals surface area contributed by atoms with E-state index in [2.05, 4.69) is 15.1 Å². The number of aromatic amines is 1. The molecule has 6 nitrogen and oxygen atoms in total. The number of anilines is 1. The summed E-state index contributed by atoms with van der Waals surface area (Å²) in [6.45, 7) is 2.67. The van der Waals surface area contributed by atoms with Crippen LogP contribution in [-0.4, -0.2) is 46.5 Å². The van der Waals surface area contributed by atoms with Crippen molar-refractivity contribution in [1.29, 1.82) is 0 Å². The third-order valence-corrected chi connectivity index (χ3v) is 3.66. The molecule has 1 saturated heterocycles. The van der Waals surface area contributed by atoms with E-state index in [9.17, 15) is 13.2 Å². The average molecular weight is 305 g/mol. The van der Waals surface area contributed by atoms with Gasteiger partial charge in [0.2, 0.25) is 11.6 Å². The minimum Gasteiger partial charge on any atom is -0.378 e. The van der Waals surface area contributed by atoms with Crippen molar-refractivity contribution in [2.24, 2.45) is 0 Å². The van der Waals surface area contributed by atoms with E-state index in [4.69, 9.17) is 4.74 Å². The molecule has 0 atom stereocenters. The first kappa shape index (κ1) is 13.3. The number of morpholine rings is 1. The molecule has 0 aromatic carbocycles. The van der Waals surface area contributed by atoms with Crippen molar-refractivity contribution in [3.8, 4) is 11.5 Å². The molecule has 3 rings (SSSR count). The number of alkyl halides is 3. The van der Waals surface area contributed by atoms with Crippen LogP contribution in [0, 0.1) is 0 Å². The maximum Gasteiger partial charge on any atom is 0.451 e. The first-order valence-electron chi connectivity index (χ1n) is 5.82. The number of rotatable bonds is 2. The average Bonchev–Trinajstić information content (AvgIpc) is 3.08. The zero-order valence-electron chi connectivity index (χ0n) is 10.1. The van der Waals surface area contributed by atoms with Gasteiger partial charge in [-0.05, 0) is 0 Å². The SMILES string of the molecule is FC(F)(F)c1nc(-c2csc(N3CCOCC3)n2)n[nH]1. The largest absolute Gasteiger partial charge is 0.451 e. The van der Waals surface area contributed by atoms with Crippen LogP contribution in [0.25, 0.3) is 11.5 Å². The summed E-state index contributed by atoms with van der Waals surface area (Å²) in [5, 5.41) is 7.82. The Morgan fingerprint density at radius 1 is 1.25 bits per heavy atom. The first-order chi connectivity index (χ1) is 9.54. The van der Waals surface area contributed by atoms with Crippen LogP contribution in [0.4, 0.5) is 18.3 Å². The minimum absolute atomic E-state index is 0.0481. The van der Waals surface area contributed by atoms with Crippen LogP contribution in [0.1, 0.15) is 5.82 Å². The van der Waals surface area contributed by atoms with Crippen molar-refractivity contribution < 1.29 is 17.9 Å². The van der Waals surface area contributed by atoms with E-state index in [-0.39, 0.29) is 5.82 Å². The van der Waals surface area contributed by atoms with Gasteiger partial charge in [0.15, 0.2) is 5.13 Å². The summed E-state index contributed by atoms with van der Waals surface area (Å²) in [6.07, 6.45) is -4.53. The molecule has 0 aliphatic carbocycles. The lowest BCUT2D eigenvalue weighted by Gasteiger charge is -2.25. The molecule has 1 N–H and O–H groups in total. The number of hydrogen-bond donors (Lipinski definition) is 1. The Kier molecular flexibility index (Phi) is 3.34. The smallest absolute Gasteiger partial charge is 0.378 e. The van der Waals surface area contributed by atoms with Crippen LogP contribution in [0.5, 0.6) is 0 Å². The Morgan fingerprint density at radius 2 is 2.00 bits per heavy atom. The third kappa shape index (κ3) is 2.61. The predicted molar refractivity (Wildman–Crippen MR) is 65.5 cm³/mol. The van der Waals surface area contributed by atoms with E-state index in [1.807, 2.05) is 10.00 Å². The highest BCUT2D eigenvalue weighted by molar-refractivity contribution is 7.14. The number of aromatic nitrogens is 4. The third-order valence-electron chi connectivity index (χ3n) is 2.76. The second-order valence-electron chi connectivity index (χ2n) is 4.12. The minimum atomic E-state index is -4.53. The summed E-state index contributed by atoms with van der Waals surface area (Å²) in [5.74, 6) is -1.17. The number of ether oxygens (including phenoxy) is 1. The molecule has 2 aromatic rings. The van der Waals surface area contributed by atoms with E-state index in [0.717, 1.165) is 18.2 Å². The second kappa shape index (κ2) is 5.02. The van der Waals surface area contributed by atoms with Gasteiger partial charge in [-0.25, -0.2) is 9.97 Å². The molecule has 1 aliphatic rings. The topological polar surface area (TPSA) is 66.9 Å². The van der Waals surface area contributed by atoms with Gasteiger partial charge in [-0.1, -0.05) is 0 Å². The second-order valence-corrected chi connectivity index (χ2v) is 4.96. The fourth-order valence-electron chi connectivity index (χ4n) is 1.77. The fraction of sp³-hybridized carbons (Fsp3) is 0.500. The van der Waals surface area contributed by atoms with Gasteiger partial charge < -0.3 is 9.64 Å². The van der Waals surface area contributed by atoms with Crippen molar-refractivity contribution in [2.45, 2.75) is 6.18 Å². The highest BCUT2D eigenvalue weighted by Gasteiger charge is 2.35. The predicted octanol–water partition coefficient (Wildman–Crippen LogP) is 1.78. The van der Waals surface area contributed by atoms with Crippen LogP contribution in [-0.2, 0) is 10.9 Å². The van der Waals surface area contributed by atoms with Crippen LogP contribution in [0.15, 0.2) is 5.38 Å². The molecule has 0 unspecified atom stereocenters. The Morgan fingerprint density at radius 3 is 2.65 bits per heavy atom. The molecule has 0 spiro atoms. The molecule has 2 aromatic heterocycles. The fourth-order valence-corrected chi connectivity index (χ4v) is 2.63. The van der Waals surface area contributed by atoms with Crippen molar-refractivity contribution in [2.75, 3.05) is 31.2 Å². The molecule has 0 amide bonds. The normalized spacial score (nSPS) is 16.6. The van der Waals surface area contributed by atoms with E-state index in [1.165, 1.54) is 11.3 Å². The number of hydrogen-bond acceptors (Lipinski definition) is 6. The molecule has 0 saturated carbocycles. The molecule has 10 heteroatoms. The summed E-state index contributed by atoms with van der Waals surface area (Å²) in [5.41, 5.74) is 0.336. The van der Waals surface area contributed by atoms with Crippen molar-refractivity contribution in [3.63, 3.8) is 0 Å². The van der Waals surface area contributed by atoms with Gasteiger partial charge in [-0.3, -0.25) is 5.10 Å². The van der Waals surface area contributed by atoms with E-state index in [0.29, 0.717) is 18.9 Å². The van der Waals surface area contributed by atoms with Gasteiger partial charge in [-0.2, -0.15) is 18.3 Å². The standard InChI is InChI=1S/C10H10F3N5OS/c11-10(12,13)8-15-7(16-17-8)6-5-20-9(14-6)18-1-3-19-4-2-18/h5H,1-4H2,(H,15,16,17). The van der Waals surface area contributed by atoms with Gasteiger partial charge in [-0.15, -0.1) is 11.3 Å². The number of nitrogens with zero attached hydrogens (tertiary/aromatic N) is 4. The van der Waals surface area contributed by atoms with E-state index >= 15 is 0 Å². The zero-order chi connectivity index (χ0) is 14.2. The van der Waals surface area contributed by atoms with Gasteiger partial charge in [0.25, 0.3) is 0 Å². The Balaban J connectivity index is 1.81. The summed E-state index contributed by atoms with van der Waals surface area (Å²) in [7, 11) is 0. The van der Waals surface area contributed by atoms with Crippen LogP contribution in [0.3, 0.4) is 0 Å². The molecule has 20 heavy (non-hydrogen) atoms. The number of nitrogens with one attached hydrogen (secondary N) is 1. The van der Waals surface area contributed by atoms with Gasteiger partial charge >= 0.3 is 6.18 Å². The molecule has 0 bridgehead atoms. The Bertz CT molecular complexity index is 590. The number of H-pyrrole nitrogens is 1. The molecule has 1 aliphatic heterocycles. The molecule has 3 heterocycles. The van der Waals surface area contributed by atoms with E-state index < -0.39 is 12.0 Å². The summed E-state index contributed by atoms with van der Waals surface area (Å²) < 4.78 is 42.6. The monoisotopic (exact) mass is 305 g/mol. The van der Waals surface area contributed by atoms with Crippen molar-refractivity contribution in [3.05, 3.63) is 11.2 Å². The maximum absolute atomic E-state index is 12.4. The van der Waals surface area contributed by atoms with Crippen molar-refractivity contribution >= 4 is 16.5 Å². The quantitative estimate of drug-likeness (QED) is 0.916. The van der Waals surface area contributed by atoms with Crippen LogP contribution in [0.2, 0.25) is 0 Å². The van der Waals surface area contributed by atoms with Crippen LogP contribution >= 0.6 is 11.3 Å². The van der Waals surface area contributed by atoms with Crippen LogP contribution < -0.4 is 4.90 Å². The van der Waals surface area contributed by atoms with Gasteiger partial charge in [0.1, 0.15) is 5.69 Å². The molecule has 1 fully saturated rings. The number of thiazole rings is 1. The summed E-state index contributed by atoms with van der Waals surface area (Å²) in [4.78, 5) is 9.72.